The summed E-state index contributed by atoms with van der Waals surface area (Å²) in [5.41, 5.74) is 3.22. The van der Waals surface area contributed by atoms with Crippen molar-refractivity contribution in [3.8, 4) is 0 Å². The average Bonchev–Trinajstić information content (AvgIpc) is 2.72. The van der Waals surface area contributed by atoms with E-state index in [1.165, 1.54) is 5.57 Å². The molecule has 1 nitrogen and oxygen atoms in total. The van der Waals surface area contributed by atoms with E-state index in [-0.39, 0.29) is 5.41 Å². The molecule has 0 spiro atoms. The molecule has 1 heterocycles. The van der Waals surface area contributed by atoms with E-state index >= 15 is 0 Å². The lowest BCUT2D eigenvalue weighted by Gasteiger charge is -2.29. The number of nitrogens with one attached hydrogen (secondary N) is 1. The third-order valence-corrected chi connectivity index (χ3v) is 3.66. The summed E-state index contributed by atoms with van der Waals surface area (Å²) in [6.45, 7) is 23.3. The second-order valence-corrected chi connectivity index (χ2v) is 5.95. The Hall–Kier alpha value is -0.820. The smallest absolute Gasteiger partial charge is 0.0208 e. The molecule has 22 heavy (non-hydrogen) atoms. The maximum absolute atomic E-state index is 3.53. The topological polar surface area (TPSA) is 12.0 Å². The van der Waals surface area contributed by atoms with Crippen LogP contribution in [0.1, 0.15) is 69.2 Å². The Morgan fingerprint density at radius 1 is 0.955 bits per heavy atom. The second-order valence-electron chi connectivity index (χ2n) is 5.95. The Morgan fingerprint density at radius 3 is 1.95 bits per heavy atom. The molecule has 2 aliphatic rings. The van der Waals surface area contributed by atoms with Crippen molar-refractivity contribution in [2.75, 3.05) is 13.1 Å². The predicted molar refractivity (Wildman–Crippen MR) is 104 cm³/mol. The number of allylic oxidation sites excluding steroid dienone is 3. The first-order valence-electron chi connectivity index (χ1n) is 9.32. The maximum atomic E-state index is 3.53. The first-order chi connectivity index (χ1) is 10.5. The first-order valence-corrected chi connectivity index (χ1v) is 9.32. The highest BCUT2D eigenvalue weighted by Gasteiger charge is 2.25. The minimum Gasteiger partial charge on any atom is -0.312 e. The molecule has 0 bridgehead atoms. The molecule has 0 fully saturated rings. The molecular formula is C21H41N. The summed E-state index contributed by atoms with van der Waals surface area (Å²) in [6.07, 6.45) is 9.33. The molecule has 0 amide bonds. The van der Waals surface area contributed by atoms with Gasteiger partial charge in [0.25, 0.3) is 0 Å². The quantitative estimate of drug-likeness (QED) is 0.592. The lowest BCUT2D eigenvalue weighted by atomic mass is 9.83. The Morgan fingerprint density at radius 2 is 1.45 bits per heavy atom. The molecule has 1 unspecified atom stereocenters. The zero-order valence-electron chi connectivity index (χ0n) is 16.9. The molecule has 0 aromatic carbocycles. The van der Waals surface area contributed by atoms with Crippen LogP contribution in [0.2, 0.25) is 0 Å². The number of hydrogen-bond acceptors (Lipinski definition) is 1. The zero-order chi connectivity index (χ0) is 17.8. The van der Waals surface area contributed by atoms with Crippen LogP contribution in [-0.2, 0) is 0 Å². The standard InChI is InChI=1S/C15H23N.3C2H6/c1-11(2)14-10-16-9-12-5-7-15(3,4)8-6-13(12)14;3*1-2/h5-8,11,14,16H,9-10H2,1-4H3;3*1-2H3. The number of rotatable bonds is 1. The molecule has 0 aromatic rings. The van der Waals surface area contributed by atoms with E-state index in [9.17, 15) is 0 Å². The van der Waals surface area contributed by atoms with Gasteiger partial charge in [0.1, 0.15) is 0 Å². The van der Waals surface area contributed by atoms with Crippen LogP contribution in [0.5, 0.6) is 0 Å². The highest BCUT2D eigenvalue weighted by Crippen LogP contribution is 2.32. The summed E-state index contributed by atoms with van der Waals surface area (Å²) in [4.78, 5) is 0. The Kier molecular flexibility index (Phi) is 13.5. The summed E-state index contributed by atoms with van der Waals surface area (Å²) in [5.74, 6) is 1.37. The third-order valence-electron chi connectivity index (χ3n) is 3.66. The number of hydrogen-bond donors (Lipinski definition) is 1. The van der Waals surface area contributed by atoms with Crippen molar-refractivity contribution in [1.29, 1.82) is 0 Å². The van der Waals surface area contributed by atoms with Crippen molar-refractivity contribution in [3.63, 3.8) is 0 Å². The van der Waals surface area contributed by atoms with Crippen molar-refractivity contribution in [2.45, 2.75) is 69.2 Å². The third kappa shape index (κ3) is 7.45. The van der Waals surface area contributed by atoms with Crippen LogP contribution < -0.4 is 5.32 Å². The zero-order valence-corrected chi connectivity index (χ0v) is 16.9. The fourth-order valence-electron chi connectivity index (χ4n) is 2.47. The minimum absolute atomic E-state index is 0.193. The van der Waals surface area contributed by atoms with Crippen LogP contribution in [0.3, 0.4) is 0 Å². The van der Waals surface area contributed by atoms with Crippen LogP contribution in [0.25, 0.3) is 0 Å². The maximum Gasteiger partial charge on any atom is 0.0208 e. The van der Waals surface area contributed by atoms with Gasteiger partial charge >= 0.3 is 0 Å². The van der Waals surface area contributed by atoms with Gasteiger partial charge in [-0.3, -0.25) is 0 Å². The van der Waals surface area contributed by atoms with Crippen molar-refractivity contribution in [1.82, 2.24) is 5.32 Å². The first kappa shape index (κ1) is 23.4. The van der Waals surface area contributed by atoms with Crippen LogP contribution in [0.4, 0.5) is 0 Å². The molecule has 0 radical (unpaired) electrons. The van der Waals surface area contributed by atoms with Crippen LogP contribution in [0.15, 0.2) is 35.5 Å². The molecule has 130 valence electrons. The van der Waals surface area contributed by atoms with Crippen molar-refractivity contribution in [2.24, 2.45) is 17.3 Å². The Balaban J connectivity index is 0. The molecular weight excluding hydrogens is 266 g/mol. The second kappa shape index (κ2) is 12.7. The lowest BCUT2D eigenvalue weighted by molar-refractivity contribution is 0.408. The SMILES string of the molecule is CC.CC.CC.CC(C)C1CNCC2=C1C=CC(C)(C)C=C2. The molecule has 1 N–H and O–H groups in total. The van der Waals surface area contributed by atoms with E-state index in [1.807, 2.05) is 41.5 Å². The van der Waals surface area contributed by atoms with Gasteiger partial charge in [0, 0.05) is 18.5 Å². The summed E-state index contributed by atoms with van der Waals surface area (Å²) in [5, 5.41) is 3.53. The molecule has 0 saturated heterocycles. The minimum atomic E-state index is 0.193. The van der Waals surface area contributed by atoms with Gasteiger partial charge in [0.2, 0.25) is 0 Å². The van der Waals surface area contributed by atoms with Gasteiger partial charge in [-0.1, -0.05) is 93.5 Å². The molecule has 2 rings (SSSR count). The van der Waals surface area contributed by atoms with Crippen molar-refractivity contribution in [3.05, 3.63) is 35.5 Å². The van der Waals surface area contributed by atoms with Crippen molar-refractivity contribution >= 4 is 0 Å². The van der Waals surface area contributed by atoms with Gasteiger partial charge in [-0.05, 0) is 23.0 Å². The fraction of sp³-hybridized carbons (Fsp3) is 0.714. The van der Waals surface area contributed by atoms with E-state index in [0.717, 1.165) is 13.1 Å². The van der Waals surface area contributed by atoms with E-state index in [4.69, 9.17) is 0 Å². The largest absolute Gasteiger partial charge is 0.312 e. The normalized spacial score (nSPS) is 21.3. The van der Waals surface area contributed by atoms with E-state index in [1.54, 1.807) is 5.57 Å². The van der Waals surface area contributed by atoms with Crippen LogP contribution >= 0.6 is 0 Å². The fourth-order valence-corrected chi connectivity index (χ4v) is 2.47. The monoisotopic (exact) mass is 307 g/mol. The Labute approximate surface area is 141 Å². The summed E-state index contributed by atoms with van der Waals surface area (Å²) in [7, 11) is 0. The van der Waals surface area contributed by atoms with Crippen molar-refractivity contribution < 1.29 is 0 Å². The van der Waals surface area contributed by atoms with Gasteiger partial charge < -0.3 is 5.32 Å². The summed E-state index contributed by atoms with van der Waals surface area (Å²) in [6, 6.07) is 0. The highest BCUT2D eigenvalue weighted by atomic mass is 14.9. The lowest BCUT2D eigenvalue weighted by Crippen LogP contribution is -2.34. The van der Waals surface area contributed by atoms with Gasteiger partial charge in [-0.15, -0.1) is 0 Å². The predicted octanol–water partition coefficient (Wildman–Crippen LogP) is 6.39. The molecule has 1 atom stereocenters. The van der Waals surface area contributed by atoms with Gasteiger partial charge in [0.05, 0.1) is 0 Å². The average molecular weight is 308 g/mol. The molecule has 0 saturated carbocycles. The molecule has 1 aliphatic carbocycles. The molecule has 0 aromatic heterocycles. The van der Waals surface area contributed by atoms with Crippen LogP contribution in [0, 0.1) is 17.3 Å². The highest BCUT2D eigenvalue weighted by molar-refractivity contribution is 5.42. The van der Waals surface area contributed by atoms with Gasteiger partial charge in [0.15, 0.2) is 0 Å². The van der Waals surface area contributed by atoms with Crippen LogP contribution in [-0.4, -0.2) is 13.1 Å². The summed E-state index contributed by atoms with van der Waals surface area (Å²) < 4.78 is 0. The van der Waals surface area contributed by atoms with Gasteiger partial charge in [-0.25, -0.2) is 0 Å². The summed E-state index contributed by atoms with van der Waals surface area (Å²) >= 11 is 0. The molecule has 1 aliphatic heterocycles. The Bertz CT molecular complexity index is 356. The molecule has 1 heteroatoms. The van der Waals surface area contributed by atoms with E-state index < -0.39 is 0 Å². The van der Waals surface area contributed by atoms with E-state index in [0.29, 0.717) is 11.8 Å². The van der Waals surface area contributed by atoms with Gasteiger partial charge in [-0.2, -0.15) is 0 Å². The van der Waals surface area contributed by atoms with E-state index in [2.05, 4.69) is 57.3 Å².